The topological polar surface area (TPSA) is 82.2 Å². The molecule has 7 heteroatoms. The van der Waals surface area contributed by atoms with Gasteiger partial charge < -0.3 is 10.2 Å². The highest BCUT2D eigenvalue weighted by Crippen LogP contribution is 2.18. The van der Waals surface area contributed by atoms with E-state index in [0.29, 0.717) is 5.75 Å². The first-order chi connectivity index (χ1) is 8.67. The predicted molar refractivity (Wildman–Crippen MR) is 64.2 cm³/mol. The Morgan fingerprint density at radius 2 is 2.28 bits per heavy atom. The molecule has 0 aliphatic carbocycles. The summed E-state index contributed by atoms with van der Waals surface area (Å²) in [5.41, 5.74) is 1.71. The molecule has 2 aromatic rings. The van der Waals surface area contributed by atoms with Crippen LogP contribution < -0.4 is 21.6 Å². The summed E-state index contributed by atoms with van der Waals surface area (Å²) in [5, 5.41) is 0. The van der Waals surface area contributed by atoms with Crippen LogP contribution in [0.15, 0.2) is 35.4 Å². The molecular weight excluding hydrogens is 239 g/mol. The molecule has 3 N–H and O–H groups in total. The molecule has 6 nitrogen and oxygen atoms in total. The van der Waals surface area contributed by atoms with Gasteiger partial charge >= 0.3 is 0 Å². The number of nitrogens with two attached hydrogens (primary N) is 1. The Balaban J connectivity index is 2.59. The molecule has 0 fully saturated rings. The van der Waals surface area contributed by atoms with Gasteiger partial charge in [-0.1, -0.05) is 0 Å². The lowest BCUT2D eigenvalue weighted by atomic mass is 10.3. The fourth-order valence-electron chi connectivity index (χ4n) is 1.51. The van der Waals surface area contributed by atoms with Gasteiger partial charge in [-0.15, -0.1) is 0 Å². The van der Waals surface area contributed by atoms with Crippen molar-refractivity contribution < 1.29 is 9.13 Å². The zero-order valence-electron chi connectivity index (χ0n) is 9.55. The van der Waals surface area contributed by atoms with Crippen LogP contribution in [0.2, 0.25) is 0 Å². The second-order valence-electron chi connectivity index (χ2n) is 3.41. The second kappa shape index (κ2) is 4.84. The van der Waals surface area contributed by atoms with Crippen molar-refractivity contribution in [2.24, 2.45) is 5.84 Å². The first-order valence-corrected chi connectivity index (χ1v) is 5.05. The molecule has 0 saturated heterocycles. The maximum Gasteiger partial charge on any atom is 0.299 e. The molecule has 0 saturated carbocycles. The monoisotopic (exact) mass is 250 g/mol. The van der Waals surface area contributed by atoms with E-state index in [-0.39, 0.29) is 11.5 Å². The van der Waals surface area contributed by atoms with Crippen molar-refractivity contribution in [1.29, 1.82) is 0 Å². The normalized spacial score (nSPS) is 10.2. The summed E-state index contributed by atoms with van der Waals surface area (Å²) in [6, 6.07) is 4.19. The third-order valence-corrected chi connectivity index (χ3v) is 2.39. The minimum atomic E-state index is -0.578. The third kappa shape index (κ3) is 2.03. The number of benzene rings is 1. The molecule has 1 aromatic heterocycles. The molecule has 0 spiro atoms. The zero-order chi connectivity index (χ0) is 13.1. The van der Waals surface area contributed by atoms with Crippen molar-refractivity contribution in [3.63, 3.8) is 0 Å². The van der Waals surface area contributed by atoms with Gasteiger partial charge in [0.05, 0.1) is 12.8 Å². The number of hydrazine groups is 1. The number of halogens is 1. The molecule has 94 valence electrons. The van der Waals surface area contributed by atoms with Crippen LogP contribution in [0.25, 0.3) is 5.69 Å². The number of ether oxygens (including phenoxy) is 1. The summed E-state index contributed by atoms with van der Waals surface area (Å²) in [4.78, 5) is 15.6. The summed E-state index contributed by atoms with van der Waals surface area (Å²) >= 11 is 0. The van der Waals surface area contributed by atoms with Crippen molar-refractivity contribution >= 4 is 5.82 Å². The van der Waals surface area contributed by atoms with Gasteiger partial charge in [0.1, 0.15) is 5.75 Å². The van der Waals surface area contributed by atoms with Crippen LogP contribution in [0.4, 0.5) is 10.2 Å². The lowest BCUT2D eigenvalue weighted by Gasteiger charge is -2.09. The van der Waals surface area contributed by atoms with E-state index in [2.05, 4.69) is 10.4 Å². The van der Waals surface area contributed by atoms with Crippen LogP contribution >= 0.6 is 0 Å². The van der Waals surface area contributed by atoms with E-state index in [1.54, 1.807) is 6.07 Å². The first-order valence-electron chi connectivity index (χ1n) is 5.05. The van der Waals surface area contributed by atoms with E-state index in [1.165, 1.54) is 31.6 Å². The highest BCUT2D eigenvalue weighted by Gasteiger charge is 2.10. The van der Waals surface area contributed by atoms with Gasteiger partial charge in [0.2, 0.25) is 5.82 Å². The van der Waals surface area contributed by atoms with E-state index >= 15 is 0 Å². The van der Waals surface area contributed by atoms with Crippen LogP contribution in [0.1, 0.15) is 0 Å². The second-order valence-corrected chi connectivity index (χ2v) is 3.41. The number of anilines is 1. The lowest BCUT2D eigenvalue weighted by Crippen LogP contribution is -2.26. The molecule has 0 unspecified atom stereocenters. The number of methoxy groups -OCH3 is 1. The molecule has 0 amide bonds. The predicted octanol–water partition coefficient (Wildman–Crippen LogP) is 0.666. The Morgan fingerprint density at radius 3 is 2.89 bits per heavy atom. The number of hydrogen-bond donors (Lipinski definition) is 2. The van der Waals surface area contributed by atoms with Crippen LogP contribution in [-0.4, -0.2) is 16.7 Å². The summed E-state index contributed by atoms with van der Waals surface area (Å²) in [6.45, 7) is 0. The van der Waals surface area contributed by atoms with E-state index < -0.39 is 11.4 Å². The minimum Gasteiger partial charge on any atom is -0.497 e. The molecule has 0 radical (unpaired) electrons. The Bertz CT molecular complexity index is 627. The summed E-state index contributed by atoms with van der Waals surface area (Å²) in [5.74, 6) is 4.87. The van der Waals surface area contributed by atoms with Gasteiger partial charge in [-0.3, -0.25) is 9.36 Å². The van der Waals surface area contributed by atoms with Crippen molar-refractivity contribution in [3.8, 4) is 11.4 Å². The lowest BCUT2D eigenvalue weighted by molar-refractivity contribution is 0.411. The SMILES string of the molecule is COc1ccc(-n2ccnc(NN)c2=O)c(F)c1. The quantitative estimate of drug-likeness (QED) is 0.618. The van der Waals surface area contributed by atoms with E-state index in [9.17, 15) is 9.18 Å². The number of nitrogens with one attached hydrogen (secondary N) is 1. The van der Waals surface area contributed by atoms with Crippen LogP contribution in [0.5, 0.6) is 5.75 Å². The molecule has 0 aliphatic rings. The molecule has 0 aliphatic heterocycles. The Labute approximate surface area is 102 Å². The molecule has 0 atom stereocenters. The van der Waals surface area contributed by atoms with Crippen molar-refractivity contribution in [1.82, 2.24) is 9.55 Å². The van der Waals surface area contributed by atoms with Crippen molar-refractivity contribution in [2.45, 2.75) is 0 Å². The van der Waals surface area contributed by atoms with E-state index in [0.717, 1.165) is 4.57 Å². The average molecular weight is 250 g/mol. The number of hydrogen-bond acceptors (Lipinski definition) is 5. The highest BCUT2D eigenvalue weighted by molar-refractivity contribution is 5.41. The van der Waals surface area contributed by atoms with Crippen LogP contribution in [0, 0.1) is 5.82 Å². The standard InChI is InChI=1S/C11H11FN4O2/c1-18-7-2-3-9(8(12)6-7)16-5-4-14-10(15-13)11(16)17/h2-6H,13H2,1H3,(H,14,15). The molecule has 1 aromatic carbocycles. The summed E-state index contributed by atoms with van der Waals surface area (Å²) < 4.78 is 19.8. The van der Waals surface area contributed by atoms with Gasteiger partial charge in [0.25, 0.3) is 5.56 Å². The van der Waals surface area contributed by atoms with Crippen molar-refractivity contribution in [2.75, 3.05) is 12.5 Å². The fourth-order valence-corrected chi connectivity index (χ4v) is 1.51. The number of rotatable bonds is 3. The van der Waals surface area contributed by atoms with Gasteiger partial charge in [-0.2, -0.15) is 0 Å². The van der Waals surface area contributed by atoms with E-state index in [4.69, 9.17) is 10.6 Å². The first kappa shape index (κ1) is 12.1. The van der Waals surface area contributed by atoms with Crippen molar-refractivity contribution in [3.05, 3.63) is 46.8 Å². The van der Waals surface area contributed by atoms with Crippen LogP contribution in [0.3, 0.4) is 0 Å². The maximum absolute atomic E-state index is 13.8. The van der Waals surface area contributed by atoms with Gasteiger partial charge in [-0.25, -0.2) is 15.2 Å². The van der Waals surface area contributed by atoms with Gasteiger partial charge in [0, 0.05) is 18.5 Å². The molecule has 2 rings (SSSR count). The van der Waals surface area contributed by atoms with E-state index in [1.807, 2.05) is 0 Å². The Hall–Kier alpha value is -2.41. The van der Waals surface area contributed by atoms with Crippen LogP contribution in [-0.2, 0) is 0 Å². The molecular formula is C11H11FN4O2. The number of nitrogens with zero attached hydrogens (tertiary/aromatic N) is 2. The Kier molecular flexibility index (Phi) is 3.24. The average Bonchev–Trinajstić information content (AvgIpc) is 2.39. The minimum absolute atomic E-state index is 0.0623. The number of nitrogen functional groups attached to an aromatic ring is 1. The summed E-state index contributed by atoms with van der Waals surface area (Å²) in [6.07, 6.45) is 2.70. The number of aromatic nitrogens is 2. The molecule has 18 heavy (non-hydrogen) atoms. The fraction of sp³-hybridized carbons (Fsp3) is 0.0909. The molecule has 0 bridgehead atoms. The zero-order valence-corrected chi connectivity index (χ0v) is 9.55. The smallest absolute Gasteiger partial charge is 0.299 e. The largest absolute Gasteiger partial charge is 0.497 e. The summed E-state index contributed by atoms with van der Waals surface area (Å²) in [7, 11) is 1.43. The molecule has 1 heterocycles. The maximum atomic E-state index is 13.8. The highest BCUT2D eigenvalue weighted by atomic mass is 19.1. The Morgan fingerprint density at radius 1 is 1.50 bits per heavy atom. The third-order valence-electron chi connectivity index (χ3n) is 2.39. The van der Waals surface area contributed by atoms with Gasteiger partial charge in [-0.05, 0) is 12.1 Å². The van der Waals surface area contributed by atoms with Gasteiger partial charge in [0.15, 0.2) is 5.82 Å².